The van der Waals surface area contributed by atoms with Crippen LogP contribution in [-0.2, 0) is 4.79 Å². The fourth-order valence-electron chi connectivity index (χ4n) is 3.70. The normalized spacial score (nSPS) is 23.6. The van der Waals surface area contributed by atoms with E-state index in [0.717, 1.165) is 38.0 Å². The monoisotopic (exact) mass is 349 g/mol. The van der Waals surface area contributed by atoms with E-state index in [-0.39, 0.29) is 23.6 Å². The van der Waals surface area contributed by atoms with Crippen LogP contribution >= 0.6 is 12.2 Å². The second-order valence-corrected chi connectivity index (χ2v) is 6.92. The van der Waals surface area contributed by atoms with Gasteiger partial charge in [0.1, 0.15) is 5.82 Å². The summed E-state index contributed by atoms with van der Waals surface area (Å²) in [7, 11) is 0. The minimum absolute atomic E-state index is 0.0512. The van der Waals surface area contributed by atoms with Gasteiger partial charge in [-0.15, -0.1) is 0 Å². The Labute approximate surface area is 148 Å². The van der Waals surface area contributed by atoms with Gasteiger partial charge >= 0.3 is 0 Å². The number of likely N-dealkylation sites (tertiary alicyclic amines) is 2. The van der Waals surface area contributed by atoms with Crippen LogP contribution in [0.4, 0.5) is 4.39 Å². The molecular weight excluding hydrogens is 325 g/mol. The van der Waals surface area contributed by atoms with Gasteiger partial charge in [-0.05, 0) is 49.7 Å². The number of nitrogens with zero attached hydrogens (tertiary/aromatic N) is 2. The van der Waals surface area contributed by atoms with Gasteiger partial charge in [0.05, 0.1) is 5.92 Å². The van der Waals surface area contributed by atoms with Crippen molar-refractivity contribution in [2.75, 3.05) is 32.7 Å². The van der Waals surface area contributed by atoms with Crippen molar-refractivity contribution < 1.29 is 9.18 Å². The average Bonchev–Trinajstić information content (AvgIpc) is 3.25. The van der Waals surface area contributed by atoms with Crippen molar-refractivity contribution in [3.8, 4) is 0 Å². The Hall–Kier alpha value is -1.69. The minimum Gasteiger partial charge on any atom is -0.363 e. The summed E-state index contributed by atoms with van der Waals surface area (Å²) in [6.07, 6.45) is 2.17. The first-order valence-corrected chi connectivity index (χ1v) is 9.08. The van der Waals surface area contributed by atoms with Crippen LogP contribution in [0.1, 0.15) is 31.2 Å². The highest BCUT2D eigenvalue weighted by Crippen LogP contribution is 2.34. The van der Waals surface area contributed by atoms with Gasteiger partial charge in [-0.2, -0.15) is 0 Å². The van der Waals surface area contributed by atoms with Gasteiger partial charge in [-0.25, -0.2) is 4.39 Å². The van der Waals surface area contributed by atoms with Crippen molar-refractivity contribution in [3.05, 3.63) is 35.6 Å². The molecule has 1 aromatic carbocycles. The summed E-state index contributed by atoms with van der Waals surface area (Å²) in [6, 6.07) is 6.53. The molecule has 2 heterocycles. The van der Waals surface area contributed by atoms with Gasteiger partial charge in [-0.3, -0.25) is 4.79 Å². The molecule has 1 aromatic rings. The van der Waals surface area contributed by atoms with E-state index < -0.39 is 0 Å². The predicted molar refractivity (Wildman–Crippen MR) is 96.3 cm³/mol. The highest BCUT2D eigenvalue weighted by molar-refractivity contribution is 7.80. The summed E-state index contributed by atoms with van der Waals surface area (Å²) in [5, 5.41) is 3.87. The molecule has 24 heavy (non-hydrogen) atoms. The van der Waals surface area contributed by atoms with Crippen molar-refractivity contribution in [2.24, 2.45) is 5.92 Å². The quantitative estimate of drug-likeness (QED) is 0.850. The standard InChI is InChI=1S/C18H24FN3OS/c1-2-20-18(24)22-11-15(13-5-7-14(19)8-6-13)16(12-22)17(23)21-9-3-4-10-21/h5-8,15-16H,2-4,9-12H2,1H3,(H,20,24)/t15-,16+/m1/s1. The zero-order valence-corrected chi connectivity index (χ0v) is 14.8. The van der Waals surface area contributed by atoms with Crippen molar-refractivity contribution in [1.29, 1.82) is 0 Å². The third kappa shape index (κ3) is 3.53. The van der Waals surface area contributed by atoms with E-state index in [1.54, 1.807) is 12.1 Å². The third-order valence-corrected chi connectivity index (χ3v) is 5.37. The number of halogens is 1. The molecule has 2 atom stereocenters. The molecule has 6 heteroatoms. The van der Waals surface area contributed by atoms with Crippen LogP contribution in [0.25, 0.3) is 0 Å². The number of nitrogens with one attached hydrogen (secondary N) is 1. The lowest BCUT2D eigenvalue weighted by atomic mass is 9.88. The second kappa shape index (κ2) is 7.47. The molecule has 0 unspecified atom stereocenters. The summed E-state index contributed by atoms with van der Waals surface area (Å²) in [6.45, 7) is 5.80. The van der Waals surface area contributed by atoms with E-state index >= 15 is 0 Å². The molecule has 0 aromatic heterocycles. The topological polar surface area (TPSA) is 35.6 Å². The lowest BCUT2D eigenvalue weighted by Gasteiger charge is -2.24. The first-order chi connectivity index (χ1) is 11.6. The molecule has 130 valence electrons. The fourth-order valence-corrected chi connectivity index (χ4v) is 4.00. The van der Waals surface area contributed by atoms with E-state index in [9.17, 15) is 9.18 Å². The Kier molecular flexibility index (Phi) is 5.33. The van der Waals surface area contributed by atoms with E-state index in [2.05, 4.69) is 10.2 Å². The van der Waals surface area contributed by atoms with Crippen molar-refractivity contribution in [1.82, 2.24) is 15.1 Å². The summed E-state index contributed by atoms with van der Waals surface area (Å²) < 4.78 is 13.3. The molecule has 1 amide bonds. The fraction of sp³-hybridized carbons (Fsp3) is 0.556. The number of benzene rings is 1. The number of carbonyl (C=O) groups excluding carboxylic acids is 1. The zero-order valence-electron chi connectivity index (χ0n) is 14.0. The van der Waals surface area contributed by atoms with Crippen LogP contribution in [0.3, 0.4) is 0 Å². The second-order valence-electron chi connectivity index (χ2n) is 6.54. The Balaban J connectivity index is 1.82. The van der Waals surface area contributed by atoms with Crippen LogP contribution < -0.4 is 5.32 Å². The van der Waals surface area contributed by atoms with Crippen LogP contribution in [-0.4, -0.2) is 53.5 Å². The molecule has 1 N–H and O–H groups in total. The van der Waals surface area contributed by atoms with Crippen molar-refractivity contribution in [3.63, 3.8) is 0 Å². The van der Waals surface area contributed by atoms with Crippen LogP contribution in [0.15, 0.2) is 24.3 Å². The molecule has 2 aliphatic rings. The molecule has 0 aliphatic carbocycles. The average molecular weight is 349 g/mol. The molecule has 0 spiro atoms. The maximum atomic E-state index is 13.3. The zero-order chi connectivity index (χ0) is 17.1. The first kappa shape index (κ1) is 17.1. The van der Waals surface area contributed by atoms with E-state index in [1.807, 2.05) is 11.8 Å². The molecular formula is C18H24FN3OS. The van der Waals surface area contributed by atoms with E-state index in [4.69, 9.17) is 12.2 Å². The van der Waals surface area contributed by atoms with Gasteiger partial charge in [0.25, 0.3) is 0 Å². The molecule has 0 bridgehead atoms. The number of hydrogen-bond donors (Lipinski definition) is 1. The maximum Gasteiger partial charge on any atom is 0.228 e. The summed E-state index contributed by atoms with van der Waals surface area (Å²) in [5.74, 6) is -0.108. The number of rotatable bonds is 3. The lowest BCUT2D eigenvalue weighted by molar-refractivity contribution is -0.134. The van der Waals surface area contributed by atoms with Gasteiger partial charge in [0, 0.05) is 38.6 Å². The maximum absolute atomic E-state index is 13.3. The largest absolute Gasteiger partial charge is 0.363 e. The van der Waals surface area contributed by atoms with Crippen LogP contribution in [0.5, 0.6) is 0 Å². The Morgan fingerprint density at radius 1 is 1.21 bits per heavy atom. The van der Waals surface area contributed by atoms with Gasteiger partial charge in [0.2, 0.25) is 5.91 Å². The van der Waals surface area contributed by atoms with Gasteiger partial charge in [0.15, 0.2) is 5.11 Å². The Morgan fingerprint density at radius 2 is 1.88 bits per heavy atom. The minimum atomic E-state index is -0.251. The smallest absolute Gasteiger partial charge is 0.228 e. The van der Waals surface area contributed by atoms with Gasteiger partial charge in [-0.1, -0.05) is 12.1 Å². The van der Waals surface area contributed by atoms with E-state index in [1.165, 1.54) is 12.1 Å². The van der Waals surface area contributed by atoms with Crippen LogP contribution in [0, 0.1) is 11.7 Å². The first-order valence-electron chi connectivity index (χ1n) is 8.67. The number of hydrogen-bond acceptors (Lipinski definition) is 2. The molecule has 0 saturated carbocycles. The molecule has 2 saturated heterocycles. The molecule has 2 fully saturated rings. The summed E-state index contributed by atoms with van der Waals surface area (Å²) in [5.41, 5.74) is 1.01. The lowest BCUT2D eigenvalue weighted by Crippen LogP contribution is -2.40. The third-order valence-electron chi connectivity index (χ3n) is 4.97. The summed E-state index contributed by atoms with van der Waals surface area (Å²) in [4.78, 5) is 17.0. The number of amides is 1. The van der Waals surface area contributed by atoms with Gasteiger partial charge < -0.3 is 15.1 Å². The van der Waals surface area contributed by atoms with E-state index in [0.29, 0.717) is 18.2 Å². The SMILES string of the molecule is CCNC(=S)N1C[C@H](C(=O)N2CCCC2)[C@@H](c2ccc(F)cc2)C1. The van der Waals surface area contributed by atoms with Crippen molar-refractivity contribution in [2.45, 2.75) is 25.7 Å². The van der Waals surface area contributed by atoms with Crippen LogP contribution in [0.2, 0.25) is 0 Å². The molecule has 2 aliphatic heterocycles. The predicted octanol–water partition coefficient (Wildman–Crippen LogP) is 2.36. The number of thiocarbonyl (C=S) groups is 1. The van der Waals surface area contributed by atoms with Crippen molar-refractivity contribution >= 4 is 23.2 Å². The number of carbonyl (C=O) groups is 1. The Bertz CT molecular complexity index is 601. The molecule has 0 radical (unpaired) electrons. The molecule has 4 nitrogen and oxygen atoms in total. The highest BCUT2D eigenvalue weighted by atomic mass is 32.1. The molecule has 3 rings (SSSR count). The summed E-state index contributed by atoms with van der Waals surface area (Å²) >= 11 is 5.44. The highest BCUT2D eigenvalue weighted by Gasteiger charge is 2.41. The Morgan fingerprint density at radius 3 is 2.50 bits per heavy atom.